The van der Waals surface area contributed by atoms with E-state index >= 15 is 0 Å². The molecule has 33 heavy (non-hydrogen) atoms. The van der Waals surface area contributed by atoms with Gasteiger partial charge in [-0.2, -0.15) is 0 Å². The highest BCUT2D eigenvalue weighted by atomic mass is 35.5. The van der Waals surface area contributed by atoms with E-state index in [2.05, 4.69) is 9.88 Å². The molecule has 4 aromatic rings. The smallest absolute Gasteiger partial charge is 0.166 e. The Morgan fingerprint density at radius 3 is 2.45 bits per heavy atom. The Morgan fingerprint density at radius 1 is 1.00 bits per heavy atom. The van der Waals surface area contributed by atoms with Gasteiger partial charge in [0.15, 0.2) is 11.6 Å². The van der Waals surface area contributed by atoms with E-state index in [0.717, 1.165) is 11.2 Å². The molecule has 5 nitrogen and oxygen atoms in total. The van der Waals surface area contributed by atoms with Gasteiger partial charge in [0.2, 0.25) is 0 Å². The lowest BCUT2D eigenvalue weighted by Gasteiger charge is -2.33. The fourth-order valence-electron chi connectivity index (χ4n) is 4.31. The van der Waals surface area contributed by atoms with E-state index in [1.807, 2.05) is 12.1 Å². The average molecular weight is 462 g/mol. The SMILES string of the molecule is O=C(c1ccc(F)cc1)C1CCN(c2nc(-c3ccccc3O)nc3cc(Cl)ccc23)CC1. The molecule has 166 valence electrons. The predicted octanol–water partition coefficient (Wildman–Crippen LogP) is 5.89. The van der Waals surface area contributed by atoms with Gasteiger partial charge in [0.1, 0.15) is 17.4 Å². The first kappa shape index (κ1) is 21.3. The number of aromatic hydroxyl groups is 1. The molecule has 1 aliphatic rings. The zero-order valence-electron chi connectivity index (χ0n) is 17.7. The summed E-state index contributed by atoms with van der Waals surface area (Å²) in [5.74, 6) is 0.853. The van der Waals surface area contributed by atoms with Crippen molar-refractivity contribution in [3.63, 3.8) is 0 Å². The Hall–Kier alpha value is -3.51. The van der Waals surface area contributed by atoms with Crippen molar-refractivity contribution in [3.05, 3.63) is 83.1 Å². The van der Waals surface area contributed by atoms with E-state index in [0.29, 0.717) is 53.4 Å². The molecule has 1 N–H and O–H groups in total. The molecule has 1 aromatic heterocycles. The summed E-state index contributed by atoms with van der Waals surface area (Å²) in [7, 11) is 0. The molecule has 0 unspecified atom stereocenters. The van der Waals surface area contributed by atoms with Gasteiger partial charge in [-0.3, -0.25) is 4.79 Å². The van der Waals surface area contributed by atoms with Gasteiger partial charge < -0.3 is 10.0 Å². The van der Waals surface area contributed by atoms with Crippen LogP contribution in [0.3, 0.4) is 0 Å². The lowest BCUT2D eigenvalue weighted by molar-refractivity contribution is 0.0900. The van der Waals surface area contributed by atoms with Crippen molar-refractivity contribution in [2.24, 2.45) is 5.92 Å². The zero-order valence-corrected chi connectivity index (χ0v) is 18.5. The maximum absolute atomic E-state index is 13.2. The van der Waals surface area contributed by atoms with Crippen LogP contribution in [0.15, 0.2) is 66.7 Å². The van der Waals surface area contributed by atoms with E-state index in [9.17, 15) is 14.3 Å². The minimum absolute atomic E-state index is 0.0453. The van der Waals surface area contributed by atoms with Crippen LogP contribution >= 0.6 is 11.6 Å². The summed E-state index contributed by atoms with van der Waals surface area (Å²) < 4.78 is 13.2. The van der Waals surface area contributed by atoms with Crippen LogP contribution in [0.25, 0.3) is 22.3 Å². The molecule has 0 amide bonds. The molecule has 1 aliphatic heterocycles. The van der Waals surface area contributed by atoms with Crippen molar-refractivity contribution in [1.29, 1.82) is 0 Å². The average Bonchev–Trinajstić information content (AvgIpc) is 2.83. The van der Waals surface area contributed by atoms with E-state index in [1.165, 1.54) is 12.1 Å². The Kier molecular flexibility index (Phi) is 5.68. The second kappa shape index (κ2) is 8.79. The topological polar surface area (TPSA) is 66.3 Å². The number of hydrogen-bond acceptors (Lipinski definition) is 5. The van der Waals surface area contributed by atoms with Crippen molar-refractivity contribution in [1.82, 2.24) is 9.97 Å². The summed E-state index contributed by atoms with van der Waals surface area (Å²) in [5, 5.41) is 11.8. The number of hydrogen-bond donors (Lipinski definition) is 1. The number of benzene rings is 3. The number of halogens is 2. The Bertz CT molecular complexity index is 1340. The fraction of sp³-hybridized carbons (Fsp3) is 0.192. The number of carbonyl (C=O) groups is 1. The molecular formula is C26H21ClFN3O2. The molecule has 2 heterocycles. The molecule has 0 atom stereocenters. The van der Waals surface area contributed by atoms with Gasteiger partial charge in [-0.05, 0) is 67.4 Å². The number of aromatic nitrogens is 2. The zero-order chi connectivity index (χ0) is 22.9. The third kappa shape index (κ3) is 4.26. The number of phenolic OH excluding ortho intramolecular Hbond substituents is 1. The molecule has 1 saturated heterocycles. The van der Waals surface area contributed by atoms with Crippen LogP contribution in [0, 0.1) is 11.7 Å². The molecule has 0 saturated carbocycles. The summed E-state index contributed by atoms with van der Waals surface area (Å²) in [6.45, 7) is 1.29. The standard InChI is InChI=1S/C26H21ClFN3O2/c27-18-7-10-20-22(15-18)29-25(21-3-1-2-4-23(21)32)30-26(20)31-13-11-17(12-14-31)24(33)16-5-8-19(28)9-6-16/h1-10,15,17,32H,11-14H2. The molecule has 0 spiro atoms. The number of piperidine rings is 1. The highest BCUT2D eigenvalue weighted by Gasteiger charge is 2.28. The molecule has 5 rings (SSSR count). The van der Waals surface area contributed by atoms with Gasteiger partial charge >= 0.3 is 0 Å². The van der Waals surface area contributed by atoms with Crippen LogP contribution in [-0.4, -0.2) is 33.9 Å². The quantitative estimate of drug-likeness (QED) is 0.383. The molecule has 3 aromatic carbocycles. The predicted molar refractivity (Wildman–Crippen MR) is 127 cm³/mol. The monoisotopic (exact) mass is 461 g/mol. The second-order valence-electron chi connectivity index (χ2n) is 8.18. The number of para-hydroxylation sites is 1. The third-order valence-electron chi connectivity index (χ3n) is 6.08. The Balaban J connectivity index is 1.45. The van der Waals surface area contributed by atoms with Crippen LogP contribution in [-0.2, 0) is 0 Å². The third-order valence-corrected chi connectivity index (χ3v) is 6.31. The van der Waals surface area contributed by atoms with Crippen molar-refractivity contribution in [3.8, 4) is 17.1 Å². The number of ketones is 1. The van der Waals surface area contributed by atoms with E-state index in [4.69, 9.17) is 16.6 Å². The van der Waals surface area contributed by atoms with Gasteiger partial charge in [0.05, 0.1) is 11.1 Å². The summed E-state index contributed by atoms with van der Waals surface area (Å²) in [4.78, 5) is 24.5. The number of rotatable bonds is 4. The Morgan fingerprint density at radius 2 is 1.73 bits per heavy atom. The molecular weight excluding hydrogens is 441 g/mol. The van der Waals surface area contributed by atoms with Crippen molar-refractivity contribution in [2.45, 2.75) is 12.8 Å². The minimum Gasteiger partial charge on any atom is -0.507 e. The summed E-state index contributed by atoms with van der Waals surface area (Å²) in [6.07, 6.45) is 1.34. The van der Waals surface area contributed by atoms with Gasteiger partial charge in [-0.1, -0.05) is 23.7 Å². The van der Waals surface area contributed by atoms with Gasteiger partial charge in [-0.25, -0.2) is 14.4 Å². The van der Waals surface area contributed by atoms with Crippen LogP contribution < -0.4 is 4.90 Å². The first-order valence-corrected chi connectivity index (χ1v) is 11.2. The van der Waals surface area contributed by atoms with E-state index < -0.39 is 0 Å². The van der Waals surface area contributed by atoms with E-state index in [-0.39, 0.29) is 23.3 Å². The van der Waals surface area contributed by atoms with Crippen molar-refractivity contribution in [2.75, 3.05) is 18.0 Å². The molecule has 0 aliphatic carbocycles. The number of anilines is 1. The second-order valence-corrected chi connectivity index (χ2v) is 8.62. The van der Waals surface area contributed by atoms with Gasteiger partial charge in [0.25, 0.3) is 0 Å². The van der Waals surface area contributed by atoms with Crippen LogP contribution in [0.2, 0.25) is 5.02 Å². The first-order chi connectivity index (χ1) is 16.0. The highest BCUT2D eigenvalue weighted by molar-refractivity contribution is 6.31. The number of nitrogens with zero attached hydrogens (tertiary/aromatic N) is 3. The highest BCUT2D eigenvalue weighted by Crippen LogP contribution is 2.34. The maximum atomic E-state index is 13.2. The lowest BCUT2D eigenvalue weighted by Crippen LogP contribution is -2.37. The van der Waals surface area contributed by atoms with Crippen molar-refractivity contribution < 1.29 is 14.3 Å². The largest absolute Gasteiger partial charge is 0.507 e. The maximum Gasteiger partial charge on any atom is 0.166 e. The van der Waals surface area contributed by atoms with Crippen LogP contribution in [0.5, 0.6) is 5.75 Å². The van der Waals surface area contributed by atoms with Crippen LogP contribution in [0.4, 0.5) is 10.2 Å². The normalized spacial score (nSPS) is 14.5. The number of Topliss-reactive ketones (excluding diaryl/α,β-unsaturated/α-hetero) is 1. The van der Waals surface area contributed by atoms with E-state index in [1.54, 1.807) is 42.5 Å². The van der Waals surface area contributed by atoms with Gasteiger partial charge in [-0.15, -0.1) is 0 Å². The first-order valence-electron chi connectivity index (χ1n) is 10.8. The summed E-state index contributed by atoms with van der Waals surface area (Å²) >= 11 is 6.22. The van der Waals surface area contributed by atoms with Crippen molar-refractivity contribution >= 4 is 34.1 Å². The Labute approximate surface area is 195 Å². The summed E-state index contributed by atoms with van der Waals surface area (Å²) in [5.41, 5.74) is 1.77. The molecule has 0 bridgehead atoms. The number of fused-ring (bicyclic) bond motifs is 1. The fourth-order valence-corrected chi connectivity index (χ4v) is 4.48. The van der Waals surface area contributed by atoms with Gasteiger partial charge in [0, 0.05) is 35.0 Å². The van der Waals surface area contributed by atoms with Crippen LogP contribution in [0.1, 0.15) is 23.2 Å². The molecule has 1 fully saturated rings. The number of phenols is 1. The molecule has 7 heteroatoms. The number of carbonyl (C=O) groups excluding carboxylic acids is 1. The minimum atomic E-state index is -0.350. The lowest BCUT2D eigenvalue weighted by atomic mass is 9.89. The summed E-state index contributed by atoms with van der Waals surface area (Å²) in [6, 6.07) is 18.2. The molecule has 0 radical (unpaired) electrons.